The lowest BCUT2D eigenvalue weighted by Crippen LogP contribution is -2.35. The van der Waals surface area contributed by atoms with Crippen LogP contribution >= 0.6 is 0 Å². The van der Waals surface area contributed by atoms with Gasteiger partial charge in [-0.15, -0.1) is 0 Å². The van der Waals surface area contributed by atoms with Crippen LogP contribution < -0.4 is 0 Å². The highest BCUT2D eigenvalue weighted by Crippen LogP contribution is 2.16. The topological polar surface area (TPSA) is 27.7 Å². The zero-order valence-corrected chi connectivity index (χ0v) is 24.5. The lowest BCUT2D eigenvalue weighted by molar-refractivity contribution is 0.587. The lowest BCUT2D eigenvalue weighted by Gasteiger charge is -2.26. The molecule has 0 aliphatic rings. The summed E-state index contributed by atoms with van der Waals surface area (Å²) in [5, 5.41) is 1.66. The number of rotatable bonds is 11. The van der Waals surface area contributed by atoms with Crippen LogP contribution in [0.15, 0.2) is 10.0 Å². The molecule has 0 unspecified atom stereocenters. The van der Waals surface area contributed by atoms with E-state index in [4.69, 9.17) is 12.3 Å². The van der Waals surface area contributed by atoms with Gasteiger partial charge in [0.25, 0.3) is 0 Å². The fourth-order valence-electron chi connectivity index (χ4n) is 1.81. The molecule has 23 heavy (non-hydrogen) atoms. The van der Waals surface area contributed by atoms with Crippen LogP contribution in [-0.4, -0.2) is 54.2 Å². The maximum Gasteiger partial charge on any atom is 0.174 e. The van der Waals surface area contributed by atoms with Crippen LogP contribution in [-0.2, 0) is 12.3 Å². The Labute approximate surface area is 155 Å². The van der Waals surface area contributed by atoms with Gasteiger partial charge >= 0.3 is 0 Å². The van der Waals surface area contributed by atoms with E-state index < -0.39 is 54.2 Å². The van der Waals surface area contributed by atoms with E-state index >= 15 is 0 Å². The molecule has 0 bridgehead atoms. The van der Waals surface area contributed by atoms with Gasteiger partial charge < -0.3 is 12.3 Å². The van der Waals surface area contributed by atoms with E-state index in [1.54, 1.807) is 10.0 Å². The molecule has 0 aromatic carbocycles. The monoisotopic (exact) mass is 424 g/mol. The minimum absolute atomic E-state index is 0.584. The van der Waals surface area contributed by atoms with E-state index in [-0.39, 0.29) is 0 Å². The van der Waals surface area contributed by atoms with E-state index in [0.29, 0.717) is 0 Å². The first-order valence-electron chi connectivity index (χ1n) is 8.85. The maximum absolute atomic E-state index is 6.38. The molecule has 0 aromatic rings. The third-order valence-electron chi connectivity index (χ3n) is 3.09. The highest BCUT2D eigenvalue weighted by Gasteiger charge is 2.22. The van der Waals surface area contributed by atoms with Gasteiger partial charge in [-0.05, 0) is 65.3 Å². The molecule has 0 rings (SSSR count). The van der Waals surface area contributed by atoms with Gasteiger partial charge in [0.15, 0.2) is 54.2 Å². The van der Waals surface area contributed by atoms with E-state index in [2.05, 4.69) is 65.8 Å². The highest BCUT2D eigenvalue weighted by atomic mass is 28.4. The molecule has 0 amide bonds. The van der Waals surface area contributed by atoms with E-state index in [9.17, 15) is 0 Å². The fraction of sp³-hybridized carbons (Fsp3) is 0.857. The van der Waals surface area contributed by atoms with Crippen molar-refractivity contribution in [3.8, 4) is 0 Å². The Morgan fingerprint density at radius 3 is 1.30 bits per heavy atom. The Kier molecular flexibility index (Phi) is 10.6. The molecule has 0 radical (unpaired) electrons. The Bertz CT molecular complexity index is 359. The van der Waals surface area contributed by atoms with Gasteiger partial charge in [-0.3, -0.25) is 0 Å². The molecule has 0 atom stereocenters. The third-order valence-corrected chi connectivity index (χ3v) is 20.3. The van der Waals surface area contributed by atoms with Crippen molar-refractivity contribution in [2.75, 3.05) is 0 Å². The Morgan fingerprint density at radius 1 is 0.652 bits per heavy atom. The molecular weight excluding hydrogens is 385 g/mol. The molecular formula is C14H40O3Si6. The number of hydrogen-bond donors (Lipinski definition) is 0. The maximum atomic E-state index is 6.38. The normalized spacial score (nSPS) is 14.9. The lowest BCUT2D eigenvalue weighted by atomic mass is 10.3. The van der Waals surface area contributed by atoms with Crippen LogP contribution in [0.2, 0.25) is 58.9 Å². The smallest absolute Gasteiger partial charge is 0.174 e. The summed E-state index contributed by atoms with van der Waals surface area (Å²) in [6.45, 7) is 23.0. The van der Waals surface area contributed by atoms with Crippen molar-refractivity contribution in [2.45, 2.75) is 78.7 Å². The van der Waals surface area contributed by atoms with Crippen LogP contribution in [0.1, 0.15) is 19.8 Å². The summed E-state index contributed by atoms with van der Waals surface area (Å²) in [5.41, 5.74) is 0. The second-order valence-corrected chi connectivity index (χ2v) is 29.7. The van der Waals surface area contributed by atoms with Crippen LogP contribution in [0.3, 0.4) is 0 Å². The first-order chi connectivity index (χ1) is 10.2. The van der Waals surface area contributed by atoms with Crippen molar-refractivity contribution >= 4 is 54.2 Å². The minimum atomic E-state index is -1.43. The first-order valence-corrected chi connectivity index (χ1v) is 22.9. The first kappa shape index (κ1) is 23.9. The van der Waals surface area contributed by atoms with Gasteiger partial charge in [0, 0.05) is 0 Å². The van der Waals surface area contributed by atoms with Crippen molar-refractivity contribution in [1.29, 1.82) is 0 Å². The zero-order valence-electron chi connectivity index (χ0n) is 17.3. The molecule has 0 N–H and O–H groups in total. The Morgan fingerprint density at radius 2 is 1.00 bits per heavy atom. The zero-order chi connectivity index (χ0) is 18.3. The van der Waals surface area contributed by atoms with Gasteiger partial charge in [0.1, 0.15) is 0 Å². The van der Waals surface area contributed by atoms with Crippen molar-refractivity contribution in [3.63, 3.8) is 0 Å². The Balaban J connectivity index is 5.20. The third kappa shape index (κ3) is 14.9. The Hall–Kier alpha value is 0.921. The van der Waals surface area contributed by atoms with Crippen LogP contribution in [0.25, 0.3) is 0 Å². The highest BCUT2D eigenvalue weighted by molar-refractivity contribution is 6.82. The molecule has 0 saturated carbocycles. The molecule has 9 heteroatoms. The van der Waals surface area contributed by atoms with Crippen LogP contribution in [0, 0.1) is 0 Å². The van der Waals surface area contributed by atoms with Gasteiger partial charge in [-0.25, -0.2) is 0 Å². The van der Waals surface area contributed by atoms with E-state index in [1.807, 2.05) is 0 Å². The average Bonchev–Trinajstić information content (AvgIpc) is 2.31. The quantitative estimate of drug-likeness (QED) is 0.477. The molecule has 3 nitrogen and oxygen atoms in total. The predicted octanol–water partition coefficient (Wildman–Crippen LogP) is 2.76. The van der Waals surface area contributed by atoms with Crippen LogP contribution in [0.5, 0.6) is 0 Å². The summed E-state index contributed by atoms with van der Waals surface area (Å²) in [6.07, 6.45) is 2.42. The second-order valence-electron chi connectivity index (χ2n) is 9.16. The van der Waals surface area contributed by atoms with Gasteiger partial charge in [-0.2, -0.15) is 0 Å². The summed E-state index contributed by atoms with van der Waals surface area (Å²) in [4.78, 5) is 1.65. The minimum Gasteiger partial charge on any atom is -0.457 e. The van der Waals surface area contributed by atoms with Gasteiger partial charge in [0.05, 0.1) is 0 Å². The number of allylic oxidation sites excluding steroid dienone is 1. The second kappa shape index (κ2) is 10.2. The summed E-state index contributed by atoms with van der Waals surface area (Å²) >= 11 is 0. The van der Waals surface area contributed by atoms with E-state index in [0.717, 1.165) is 0 Å². The molecule has 0 aromatic heterocycles. The van der Waals surface area contributed by atoms with Gasteiger partial charge in [-0.1, -0.05) is 23.4 Å². The molecule has 0 heterocycles. The molecule has 0 fully saturated rings. The van der Waals surface area contributed by atoms with Crippen molar-refractivity contribution < 1.29 is 12.3 Å². The molecule has 0 aliphatic carbocycles. The van der Waals surface area contributed by atoms with Crippen LogP contribution in [0.4, 0.5) is 0 Å². The summed E-state index contributed by atoms with van der Waals surface area (Å²) < 4.78 is 19.1. The largest absolute Gasteiger partial charge is 0.457 e. The standard InChI is InChI=1S/C14H40O3Si6/c1-11-12-13(18-15-21(2,3)4)14(19-16-22(5,6)7)20-17-23(8,9)10/h11-12,18-20H2,1-10H3. The SMILES string of the molecule is CCCC([SiH2]O[Si](C)(C)C)=C([SiH2]O[Si](C)(C)C)[SiH2]O[Si](C)(C)C. The van der Waals surface area contributed by atoms with E-state index in [1.165, 1.54) is 12.8 Å². The molecule has 0 saturated heterocycles. The summed E-state index contributed by atoms with van der Waals surface area (Å²) in [7, 11) is -6.09. The molecule has 138 valence electrons. The summed E-state index contributed by atoms with van der Waals surface area (Å²) in [6, 6.07) is 0. The number of hydrogen-bond acceptors (Lipinski definition) is 3. The summed E-state index contributed by atoms with van der Waals surface area (Å²) in [5.74, 6) is 0. The molecule has 0 aliphatic heterocycles. The van der Waals surface area contributed by atoms with Crippen molar-refractivity contribution in [3.05, 3.63) is 10.0 Å². The fourth-order valence-corrected chi connectivity index (χ4v) is 14.0. The predicted molar refractivity (Wildman–Crippen MR) is 121 cm³/mol. The van der Waals surface area contributed by atoms with Gasteiger partial charge in [0.2, 0.25) is 0 Å². The van der Waals surface area contributed by atoms with Crippen molar-refractivity contribution in [1.82, 2.24) is 0 Å². The molecule has 0 spiro atoms. The van der Waals surface area contributed by atoms with Crippen molar-refractivity contribution in [2.24, 2.45) is 0 Å². The average molecular weight is 425 g/mol.